The normalized spacial score (nSPS) is 33.7. The lowest BCUT2D eigenvalue weighted by Crippen LogP contribution is -2.38. The Hall–Kier alpha value is -1.32. The van der Waals surface area contributed by atoms with Gasteiger partial charge in [0.25, 0.3) is 0 Å². The van der Waals surface area contributed by atoms with Gasteiger partial charge in [0.05, 0.1) is 21.1 Å². The first kappa shape index (κ1) is 13.4. The molecule has 1 heterocycles. The highest BCUT2D eigenvalue weighted by Gasteiger charge is 2.60. The number of carbonyl (C=O) groups is 2. The van der Waals surface area contributed by atoms with E-state index in [2.05, 4.69) is 12.2 Å². The number of rotatable bonds is 1. The molecule has 4 rings (SSSR count). The third kappa shape index (κ3) is 1.74. The fourth-order valence-corrected chi connectivity index (χ4v) is 4.34. The van der Waals surface area contributed by atoms with Gasteiger partial charge in [-0.15, -0.1) is 0 Å². The van der Waals surface area contributed by atoms with Crippen LogP contribution in [-0.4, -0.2) is 11.8 Å². The van der Waals surface area contributed by atoms with Crippen LogP contribution in [0.4, 0.5) is 5.69 Å². The second-order valence-corrected chi connectivity index (χ2v) is 6.97. The third-order valence-corrected chi connectivity index (χ3v) is 5.75. The number of nitrogens with zero attached hydrogens (tertiary/aromatic N) is 1. The van der Waals surface area contributed by atoms with Gasteiger partial charge in [0, 0.05) is 6.42 Å². The lowest BCUT2D eigenvalue weighted by atomic mass is 9.74. The van der Waals surface area contributed by atoms with Crippen molar-refractivity contribution in [1.82, 2.24) is 0 Å². The van der Waals surface area contributed by atoms with Gasteiger partial charge < -0.3 is 0 Å². The van der Waals surface area contributed by atoms with Gasteiger partial charge >= 0.3 is 0 Å². The fourth-order valence-electron chi connectivity index (χ4n) is 4.05. The Balaban J connectivity index is 1.74. The fraction of sp³-hybridized carbons (Fsp3) is 0.375. The Bertz CT molecular complexity index is 700. The molecule has 5 heteroatoms. The van der Waals surface area contributed by atoms with Crippen molar-refractivity contribution in [2.75, 3.05) is 4.90 Å². The molecule has 21 heavy (non-hydrogen) atoms. The minimum Gasteiger partial charge on any atom is -0.274 e. The van der Waals surface area contributed by atoms with Crippen LogP contribution >= 0.6 is 23.2 Å². The summed E-state index contributed by atoms with van der Waals surface area (Å²) in [6, 6.07) is 4.87. The Morgan fingerprint density at radius 3 is 2.57 bits per heavy atom. The Morgan fingerprint density at radius 2 is 1.95 bits per heavy atom. The van der Waals surface area contributed by atoms with E-state index in [0.29, 0.717) is 28.1 Å². The number of benzene rings is 1. The summed E-state index contributed by atoms with van der Waals surface area (Å²) >= 11 is 11.9. The molecule has 0 aromatic heterocycles. The maximum Gasteiger partial charge on any atom is 0.241 e. The van der Waals surface area contributed by atoms with Crippen LogP contribution in [0.3, 0.4) is 0 Å². The summed E-state index contributed by atoms with van der Waals surface area (Å²) < 4.78 is 0. The maximum absolute atomic E-state index is 12.9. The molecule has 3 nitrogen and oxygen atoms in total. The molecular weight excluding hydrogens is 309 g/mol. The van der Waals surface area contributed by atoms with E-state index in [1.165, 1.54) is 4.90 Å². The number of carbonyl (C=O) groups excluding carboxylic acids is 2. The highest BCUT2D eigenvalue weighted by atomic mass is 35.5. The smallest absolute Gasteiger partial charge is 0.241 e. The van der Waals surface area contributed by atoms with Gasteiger partial charge in [-0.3, -0.25) is 9.59 Å². The molecule has 1 aliphatic heterocycles. The molecule has 2 amide bonds. The van der Waals surface area contributed by atoms with Crippen LogP contribution in [-0.2, 0) is 9.59 Å². The Kier molecular flexibility index (Phi) is 2.76. The van der Waals surface area contributed by atoms with Crippen LogP contribution in [0.25, 0.3) is 0 Å². The molecule has 1 aromatic rings. The highest BCUT2D eigenvalue weighted by molar-refractivity contribution is 6.42. The molecule has 1 saturated heterocycles. The summed E-state index contributed by atoms with van der Waals surface area (Å²) in [5, 5.41) is 0.764. The van der Waals surface area contributed by atoms with Crippen molar-refractivity contribution in [2.45, 2.75) is 19.3 Å². The molecule has 108 valence electrons. The number of imide groups is 1. The number of fused-ring (bicyclic) bond motifs is 3. The average molecular weight is 322 g/mol. The topological polar surface area (TPSA) is 37.4 Å². The van der Waals surface area contributed by atoms with E-state index in [4.69, 9.17) is 23.2 Å². The van der Waals surface area contributed by atoms with Crippen molar-refractivity contribution in [1.29, 1.82) is 0 Å². The van der Waals surface area contributed by atoms with E-state index in [1.807, 2.05) is 0 Å². The van der Waals surface area contributed by atoms with Crippen LogP contribution < -0.4 is 4.90 Å². The summed E-state index contributed by atoms with van der Waals surface area (Å²) in [6.07, 6.45) is 6.37. The SMILES string of the molecule is O=C1C[C@]2(C[C@H]3C=C[C@H]2C3)C(=O)N1c1ccc(Cl)c(Cl)c1. The summed E-state index contributed by atoms with van der Waals surface area (Å²) in [7, 11) is 0. The lowest BCUT2D eigenvalue weighted by Gasteiger charge is -2.28. The maximum atomic E-state index is 12.9. The molecule has 3 aliphatic rings. The molecule has 0 unspecified atom stereocenters. The predicted octanol–water partition coefficient (Wildman–Crippen LogP) is 3.84. The van der Waals surface area contributed by atoms with E-state index in [9.17, 15) is 9.59 Å². The number of hydrogen-bond acceptors (Lipinski definition) is 2. The van der Waals surface area contributed by atoms with Crippen molar-refractivity contribution in [2.24, 2.45) is 17.3 Å². The molecule has 2 fully saturated rings. The van der Waals surface area contributed by atoms with Gasteiger partial charge in [-0.1, -0.05) is 35.4 Å². The number of hydrogen-bond donors (Lipinski definition) is 0. The van der Waals surface area contributed by atoms with Crippen LogP contribution in [0.1, 0.15) is 19.3 Å². The molecule has 1 spiro atoms. The third-order valence-electron chi connectivity index (χ3n) is 5.01. The van der Waals surface area contributed by atoms with Crippen LogP contribution in [0, 0.1) is 17.3 Å². The first-order valence-electron chi connectivity index (χ1n) is 7.02. The molecule has 2 bridgehead atoms. The second kappa shape index (κ2) is 4.34. The van der Waals surface area contributed by atoms with Gasteiger partial charge in [-0.25, -0.2) is 4.90 Å². The van der Waals surface area contributed by atoms with Crippen LogP contribution in [0.15, 0.2) is 30.4 Å². The van der Waals surface area contributed by atoms with E-state index in [1.54, 1.807) is 18.2 Å². The second-order valence-electron chi connectivity index (χ2n) is 6.16. The molecule has 0 radical (unpaired) electrons. The van der Waals surface area contributed by atoms with Gasteiger partial charge in [0.2, 0.25) is 11.8 Å². The van der Waals surface area contributed by atoms with Crippen molar-refractivity contribution in [3.63, 3.8) is 0 Å². The Morgan fingerprint density at radius 1 is 1.14 bits per heavy atom. The van der Waals surface area contributed by atoms with Crippen LogP contribution in [0.5, 0.6) is 0 Å². The molecule has 1 aromatic carbocycles. The predicted molar refractivity (Wildman–Crippen MR) is 81.4 cm³/mol. The monoisotopic (exact) mass is 321 g/mol. The zero-order chi connectivity index (χ0) is 14.8. The van der Waals surface area contributed by atoms with Crippen molar-refractivity contribution in [3.8, 4) is 0 Å². The van der Waals surface area contributed by atoms with Crippen molar-refractivity contribution < 1.29 is 9.59 Å². The van der Waals surface area contributed by atoms with Crippen LogP contribution in [0.2, 0.25) is 10.0 Å². The molecule has 0 N–H and O–H groups in total. The quantitative estimate of drug-likeness (QED) is 0.582. The zero-order valence-corrected chi connectivity index (χ0v) is 12.7. The average Bonchev–Trinajstić information content (AvgIpc) is 3.09. The number of allylic oxidation sites excluding steroid dienone is 2. The molecule has 1 saturated carbocycles. The first-order valence-corrected chi connectivity index (χ1v) is 7.78. The van der Waals surface area contributed by atoms with E-state index in [-0.39, 0.29) is 17.7 Å². The Labute approximate surface area is 132 Å². The van der Waals surface area contributed by atoms with E-state index in [0.717, 1.165) is 12.8 Å². The number of amides is 2. The minimum atomic E-state index is -0.525. The number of halogens is 2. The summed E-state index contributed by atoms with van der Waals surface area (Å²) in [4.78, 5) is 26.6. The zero-order valence-electron chi connectivity index (χ0n) is 11.2. The van der Waals surface area contributed by atoms with Crippen molar-refractivity contribution in [3.05, 3.63) is 40.4 Å². The summed E-state index contributed by atoms with van der Waals surface area (Å²) in [5.41, 5.74) is -0.00849. The molecular formula is C16H13Cl2NO2. The standard InChI is InChI=1S/C16H13Cl2NO2/c17-12-4-3-11(6-13(12)18)19-14(20)8-16(15(19)21)7-9-1-2-10(16)5-9/h1-4,6,9-10H,5,7-8H2/t9-,10-,16-/m0/s1. The van der Waals surface area contributed by atoms with E-state index >= 15 is 0 Å². The summed E-state index contributed by atoms with van der Waals surface area (Å²) in [6.45, 7) is 0. The number of anilines is 1. The van der Waals surface area contributed by atoms with Gasteiger partial charge in [-0.05, 0) is 42.9 Å². The van der Waals surface area contributed by atoms with Crippen molar-refractivity contribution >= 4 is 40.7 Å². The van der Waals surface area contributed by atoms with Gasteiger partial charge in [-0.2, -0.15) is 0 Å². The highest BCUT2D eigenvalue weighted by Crippen LogP contribution is 2.57. The first-order chi connectivity index (χ1) is 10.0. The van der Waals surface area contributed by atoms with Gasteiger partial charge in [0.15, 0.2) is 0 Å². The minimum absolute atomic E-state index is 0.0808. The van der Waals surface area contributed by atoms with E-state index < -0.39 is 5.41 Å². The lowest BCUT2D eigenvalue weighted by molar-refractivity contribution is -0.126. The molecule has 2 aliphatic carbocycles. The largest absolute Gasteiger partial charge is 0.274 e. The van der Waals surface area contributed by atoms with Gasteiger partial charge in [0.1, 0.15) is 0 Å². The molecule has 3 atom stereocenters. The summed E-state index contributed by atoms with van der Waals surface area (Å²) in [5.74, 6) is 0.425.